The first kappa shape index (κ1) is 13.3. The fourth-order valence-corrected chi connectivity index (χ4v) is 4.81. The summed E-state index contributed by atoms with van der Waals surface area (Å²) < 4.78 is 25.7. The molecule has 0 amide bonds. The van der Waals surface area contributed by atoms with Gasteiger partial charge in [0.1, 0.15) is 0 Å². The maximum absolute atomic E-state index is 12.0. The van der Waals surface area contributed by atoms with Crippen molar-refractivity contribution in [3.05, 3.63) is 0 Å². The number of aliphatic hydroxyl groups excluding tert-OH is 1. The lowest BCUT2D eigenvalue weighted by atomic mass is 9.74. The summed E-state index contributed by atoms with van der Waals surface area (Å²) in [5.41, 5.74) is 0.282. The van der Waals surface area contributed by atoms with E-state index in [0.717, 1.165) is 13.0 Å². The highest BCUT2D eigenvalue weighted by molar-refractivity contribution is 7.89. The van der Waals surface area contributed by atoms with Crippen LogP contribution in [-0.2, 0) is 10.0 Å². The minimum Gasteiger partial charge on any atom is -0.396 e. The molecule has 100 valence electrons. The second kappa shape index (κ2) is 5.24. The van der Waals surface area contributed by atoms with Gasteiger partial charge in [-0.2, -0.15) is 0 Å². The zero-order valence-corrected chi connectivity index (χ0v) is 11.2. The summed E-state index contributed by atoms with van der Waals surface area (Å²) in [5, 5.41) is 8.73. The number of hydrogen-bond donors (Lipinski definition) is 1. The quantitative estimate of drug-likeness (QED) is 0.831. The molecule has 1 aliphatic heterocycles. The lowest BCUT2D eigenvalue weighted by Gasteiger charge is -2.33. The SMILES string of the molecule is O=S(=O)(CCCO)N1CCC2(CCCCC2)C1. The highest BCUT2D eigenvalue weighted by atomic mass is 32.2. The van der Waals surface area contributed by atoms with Gasteiger partial charge in [-0.3, -0.25) is 0 Å². The van der Waals surface area contributed by atoms with Crippen LogP contribution in [0.15, 0.2) is 0 Å². The van der Waals surface area contributed by atoms with Gasteiger partial charge < -0.3 is 5.11 Å². The molecule has 1 heterocycles. The Morgan fingerprint density at radius 3 is 2.47 bits per heavy atom. The normalized spacial score (nSPS) is 25.5. The Labute approximate surface area is 104 Å². The van der Waals surface area contributed by atoms with Crippen molar-refractivity contribution in [1.29, 1.82) is 0 Å². The van der Waals surface area contributed by atoms with Gasteiger partial charge >= 0.3 is 0 Å². The second-order valence-electron chi connectivity index (χ2n) is 5.54. The average Bonchev–Trinajstić information content (AvgIpc) is 2.72. The lowest BCUT2D eigenvalue weighted by Crippen LogP contribution is -2.34. The van der Waals surface area contributed by atoms with Crippen LogP contribution in [0.4, 0.5) is 0 Å². The molecule has 2 rings (SSSR count). The van der Waals surface area contributed by atoms with Crippen LogP contribution < -0.4 is 0 Å². The second-order valence-corrected chi connectivity index (χ2v) is 7.63. The topological polar surface area (TPSA) is 57.6 Å². The van der Waals surface area contributed by atoms with Crippen LogP contribution in [-0.4, -0.2) is 43.3 Å². The van der Waals surface area contributed by atoms with Crippen molar-refractivity contribution in [2.75, 3.05) is 25.4 Å². The van der Waals surface area contributed by atoms with Crippen LogP contribution >= 0.6 is 0 Å². The van der Waals surface area contributed by atoms with Crippen molar-refractivity contribution in [2.24, 2.45) is 5.41 Å². The minimum atomic E-state index is -3.12. The van der Waals surface area contributed by atoms with E-state index < -0.39 is 10.0 Å². The van der Waals surface area contributed by atoms with Crippen molar-refractivity contribution < 1.29 is 13.5 Å². The van der Waals surface area contributed by atoms with Crippen molar-refractivity contribution in [3.8, 4) is 0 Å². The summed E-state index contributed by atoms with van der Waals surface area (Å²) in [4.78, 5) is 0. The molecule has 1 saturated heterocycles. The predicted molar refractivity (Wildman–Crippen MR) is 67.2 cm³/mol. The molecule has 0 radical (unpaired) electrons. The van der Waals surface area contributed by atoms with Crippen LogP contribution in [0.3, 0.4) is 0 Å². The summed E-state index contributed by atoms with van der Waals surface area (Å²) in [6, 6.07) is 0. The average molecular weight is 261 g/mol. The highest BCUT2D eigenvalue weighted by Gasteiger charge is 2.42. The Morgan fingerprint density at radius 1 is 1.12 bits per heavy atom. The van der Waals surface area contributed by atoms with Gasteiger partial charge in [0.05, 0.1) is 5.75 Å². The summed E-state index contributed by atoms with van der Waals surface area (Å²) in [6.07, 6.45) is 7.59. The maximum Gasteiger partial charge on any atom is 0.214 e. The molecule has 0 aromatic rings. The van der Waals surface area contributed by atoms with Gasteiger partial charge in [-0.25, -0.2) is 12.7 Å². The first-order chi connectivity index (χ1) is 8.08. The van der Waals surface area contributed by atoms with Crippen molar-refractivity contribution >= 4 is 10.0 Å². The molecule has 17 heavy (non-hydrogen) atoms. The van der Waals surface area contributed by atoms with Gasteiger partial charge in [0, 0.05) is 19.7 Å². The van der Waals surface area contributed by atoms with Gasteiger partial charge in [-0.05, 0) is 31.1 Å². The number of rotatable bonds is 4. The highest BCUT2D eigenvalue weighted by Crippen LogP contribution is 2.44. The molecule has 0 bridgehead atoms. The van der Waals surface area contributed by atoms with Crippen molar-refractivity contribution in [2.45, 2.75) is 44.9 Å². The Balaban J connectivity index is 1.96. The third-order valence-corrected chi connectivity index (χ3v) is 6.17. The smallest absolute Gasteiger partial charge is 0.214 e. The van der Waals surface area contributed by atoms with Crippen LogP contribution in [0.25, 0.3) is 0 Å². The predicted octanol–water partition coefficient (Wildman–Crippen LogP) is 1.35. The Bertz CT molecular complexity index is 347. The maximum atomic E-state index is 12.0. The zero-order chi connectivity index (χ0) is 12.4. The number of nitrogens with zero attached hydrogens (tertiary/aromatic N) is 1. The van der Waals surface area contributed by atoms with E-state index >= 15 is 0 Å². The summed E-state index contributed by atoms with van der Waals surface area (Å²) >= 11 is 0. The molecule has 4 nitrogen and oxygen atoms in total. The number of hydrogen-bond acceptors (Lipinski definition) is 3. The standard InChI is InChI=1S/C12H23NO3S/c14-9-4-10-17(15,16)13-8-7-12(11-13)5-2-1-3-6-12/h14H,1-11H2. The van der Waals surface area contributed by atoms with E-state index in [1.807, 2.05) is 0 Å². The number of aliphatic hydroxyl groups is 1. The Morgan fingerprint density at radius 2 is 1.82 bits per heavy atom. The van der Waals surface area contributed by atoms with Gasteiger partial charge in [-0.15, -0.1) is 0 Å². The molecule has 5 heteroatoms. The Kier molecular flexibility index (Phi) is 4.10. The molecule has 1 N–H and O–H groups in total. The first-order valence-electron chi connectivity index (χ1n) is 6.67. The molecule has 2 fully saturated rings. The largest absolute Gasteiger partial charge is 0.396 e. The monoisotopic (exact) mass is 261 g/mol. The third-order valence-electron chi connectivity index (χ3n) is 4.27. The molecule has 0 unspecified atom stereocenters. The molecule has 1 aliphatic carbocycles. The fourth-order valence-electron chi connectivity index (χ4n) is 3.22. The van der Waals surface area contributed by atoms with Crippen molar-refractivity contribution in [3.63, 3.8) is 0 Å². The lowest BCUT2D eigenvalue weighted by molar-refractivity contribution is 0.205. The fraction of sp³-hybridized carbons (Fsp3) is 1.00. The minimum absolute atomic E-state index is 0.0434. The molecule has 1 saturated carbocycles. The molecular weight excluding hydrogens is 238 g/mol. The van der Waals surface area contributed by atoms with Crippen LogP contribution in [0.2, 0.25) is 0 Å². The molecule has 0 atom stereocenters. The van der Waals surface area contributed by atoms with Gasteiger partial charge in [-0.1, -0.05) is 19.3 Å². The van der Waals surface area contributed by atoms with Gasteiger partial charge in [0.2, 0.25) is 10.0 Å². The summed E-state index contributed by atoms with van der Waals surface area (Å²) in [5.74, 6) is 0.0968. The molecule has 1 spiro atoms. The third kappa shape index (κ3) is 3.01. The number of sulfonamides is 1. The molecular formula is C12H23NO3S. The molecule has 0 aromatic carbocycles. The van der Waals surface area contributed by atoms with Crippen LogP contribution in [0, 0.1) is 5.41 Å². The molecule has 2 aliphatic rings. The van der Waals surface area contributed by atoms with E-state index in [9.17, 15) is 8.42 Å². The summed E-state index contributed by atoms with van der Waals surface area (Å²) in [6.45, 7) is 1.37. The van der Waals surface area contributed by atoms with Crippen molar-refractivity contribution in [1.82, 2.24) is 4.31 Å². The van der Waals surface area contributed by atoms with E-state index in [4.69, 9.17) is 5.11 Å². The zero-order valence-electron chi connectivity index (χ0n) is 10.4. The van der Waals surface area contributed by atoms with Gasteiger partial charge in [0.25, 0.3) is 0 Å². The van der Waals surface area contributed by atoms with E-state index in [2.05, 4.69) is 0 Å². The van der Waals surface area contributed by atoms with E-state index in [1.54, 1.807) is 4.31 Å². The first-order valence-corrected chi connectivity index (χ1v) is 8.28. The van der Waals surface area contributed by atoms with Gasteiger partial charge in [0.15, 0.2) is 0 Å². The summed E-state index contributed by atoms with van der Waals surface area (Å²) in [7, 11) is -3.12. The van der Waals surface area contributed by atoms with E-state index in [-0.39, 0.29) is 17.8 Å². The van der Waals surface area contributed by atoms with Crippen LogP contribution in [0.1, 0.15) is 44.9 Å². The van der Waals surface area contributed by atoms with E-state index in [0.29, 0.717) is 13.0 Å². The Hall–Kier alpha value is -0.130. The molecule has 0 aromatic heterocycles. The van der Waals surface area contributed by atoms with E-state index in [1.165, 1.54) is 32.1 Å². The van der Waals surface area contributed by atoms with Crippen LogP contribution in [0.5, 0.6) is 0 Å².